The Morgan fingerprint density at radius 2 is 2.33 bits per heavy atom. The maximum Gasteiger partial charge on any atom is 0.240 e. The summed E-state index contributed by atoms with van der Waals surface area (Å²) in [6, 6.07) is 0.435. The lowest BCUT2D eigenvalue weighted by atomic mass is 9.98. The molecule has 6 heteroatoms. The maximum atomic E-state index is 12.4. The van der Waals surface area contributed by atoms with Crippen LogP contribution in [0.15, 0.2) is 6.33 Å². The van der Waals surface area contributed by atoms with Gasteiger partial charge in [-0.05, 0) is 26.2 Å². The van der Waals surface area contributed by atoms with Crippen molar-refractivity contribution >= 4 is 5.91 Å². The second-order valence-corrected chi connectivity index (χ2v) is 5.25. The molecule has 2 atom stereocenters. The quantitative estimate of drug-likeness (QED) is 0.769. The molecular formula is C12H19N5O. The number of carbonyl (C=O) groups is 1. The van der Waals surface area contributed by atoms with Gasteiger partial charge < -0.3 is 14.8 Å². The molecule has 0 bridgehead atoms. The van der Waals surface area contributed by atoms with Crippen molar-refractivity contribution in [1.29, 1.82) is 0 Å². The summed E-state index contributed by atoms with van der Waals surface area (Å²) in [4.78, 5) is 14.3. The monoisotopic (exact) mass is 249 g/mol. The van der Waals surface area contributed by atoms with Crippen LogP contribution >= 0.6 is 0 Å². The van der Waals surface area contributed by atoms with Crippen LogP contribution in [0.1, 0.15) is 32.0 Å². The van der Waals surface area contributed by atoms with E-state index in [0.29, 0.717) is 12.6 Å². The molecule has 6 nitrogen and oxygen atoms in total. The molecular weight excluding hydrogens is 230 g/mol. The van der Waals surface area contributed by atoms with Gasteiger partial charge in [0.05, 0.1) is 12.6 Å². The number of piperidine rings is 1. The number of carbonyl (C=O) groups excluding carboxylic acids is 1. The zero-order valence-corrected chi connectivity index (χ0v) is 10.7. The van der Waals surface area contributed by atoms with Crippen molar-refractivity contribution in [1.82, 2.24) is 25.0 Å². The summed E-state index contributed by atoms with van der Waals surface area (Å²) >= 11 is 0. The Labute approximate surface area is 106 Å². The van der Waals surface area contributed by atoms with Crippen LogP contribution in [-0.2, 0) is 17.9 Å². The summed E-state index contributed by atoms with van der Waals surface area (Å²) in [5.74, 6) is 1.11. The van der Waals surface area contributed by atoms with Gasteiger partial charge in [-0.1, -0.05) is 0 Å². The first-order valence-corrected chi connectivity index (χ1v) is 6.65. The maximum absolute atomic E-state index is 12.4. The van der Waals surface area contributed by atoms with E-state index < -0.39 is 0 Å². The number of aromatic nitrogens is 3. The number of nitrogens with one attached hydrogen (secondary N) is 1. The van der Waals surface area contributed by atoms with Crippen LogP contribution in [-0.4, -0.2) is 44.2 Å². The van der Waals surface area contributed by atoms with Gasteiger partial charge in [0.15, 0.2) is 5.82 Å². The third kappa shape index (κ3) is 2.12. The van der Waals surface area contributed by atoms with Gasteiger partial charge in [-0.2, -0.15) is 0 Å². The first-order chi connectivity index (χ1) is 8.74. The van der Waals surface area contributed by atoms with Gasteiger partial charge in [-0.3, -0.25) is 4.79 Å². The van der Waals surface area contributed by atoms with E-state index in [9.17, 15) is 4.79 Å². The van der Waals surface area contributed by atoms with Crippen LogP contribution in [0, 0.1) is 0 Å². The number of hydrogen-bond acceptors (Lipinski definition) is 4. The highest BCUT2D eigenvalue weighted by Gasteiger charge is 2.30. The second kappa shape index (κ2) is 4.68. The fourth-order valence-corrected chi connectivity index (χ4v) is 2.81. The van der Waals surface area contributed by atoms with Crippen molar-refractivity contribution in [3.05, 3.63) is 12.2 Å². The molecule has 2 unspecified atom stereocenters. The Balaban J connectivity index is 1.67. The summed E-state index contributed by atoms with van der Waals surface area (Å²) in [6.45, 7) is 4.30. The average molecular weight is 249 g/mol. The zero-order chi connectivity index (χ0) is 12.5. The van der Waals surface area contributed by atoms with Gasteiger partial charge in [0.1, 0.15) is 6.33 Å². The van der Waals surface area contributed by atoms with Crippen molar-refractivity contribution in [3.63, 3.8) is 0 Å². The molecule has 98 valence electrons. The Morgan fingerprint density at radius 3 is 3.17 bits per heavy atom. The second-order valence-electron chi connectivity index (χ2n) is 5.25. The summed E-state index contributed by atoms with van der Waals surface area (Å²) in [5, 5.41) is 11.3. The highest BCUT2D eigenvalue weighted by Crippen LogP contribution is 2.17. The molecule has 1 aromatic heterocycles. The van der Waals surface area contributed by atoms with E-state index >= 15 is 0 Å². The molecule has 3 heterocycles. The lowest BCUT2D eigenvalue weighted by Crippen LogP contribution is -2.52. The minimum absolute atomic E-state index is 0.0109. The third-order valence-electron chi connectivity index (χ3n) is 3.86. The smallest absolute Gasteiger partial charge is 0.240 e. The molecule has 2 aliphatic rings. The molecule has 1 aromatic rings. The molecule has 0 saturated carbocycles. The van der Waals surface area contributed by atoms with Gasteiger partial charge in [0.2, 0.25) is 5.91 Å². The Hall–Kier alpha value is -1.43. The normalized spacial score (nSPS) is 27.9. The average Bonchev–Trinajstić information content (AvgIpc) is 2.85. The van der Waals surface area contributed by atoms with Gasteiger partial charge in [-0.25, -0.2) is 0 Å². The highest BCUT2D eigenvalue weighted by molar-refractivity contribution is 5.82. The third-order valence-corrected chi connectivity index (χ3v) is 3.86. The molecule has 0 aliphatic carbocycles. The lowest BCUT2D eigenvalue weighted by Gasteiger charge is -2.34. The van der Waals surface area contributed by atoms with E-state index in [4.69, 9.17) is 0 Å². The van der Waals surface area contributed by atoms with Crippen LogP contribution in [0.25, 0.3) is 0 Å². The van der Waals surface area contributed by atoms with Crippen LogP contribution in [0.3, 0.4) is 0 Å². The molecule has 1 amide bonds. The van der Waals surface area contributed by atoms with E-state index in [-0.39, 0.29) is 11.9 Å². The van der Waals surface area contributed by atoms with E-state index in [1.165, 1.54) is 0 Å². The molecule has 0 radical (unpaired) electrons. The summed E-state index contributed by atoms with van der Waals surface area (Å²) in [5.41, 5.74) is 0. The van der Waals surface area contributed by atoms with E-state index in [1.807, 2.05) is 9.47 Å². The number of nitrogens with zero attached hydrogens (tertiary/aromatic N) is 4. The first-order valence-electron chi connectivity index (χ1n) is 6.65. The van der Waals surface area contributed by atoms with E-state index in [1.54, 1.807) is 6.33 Å². The van der Waals surface area contributed by atoms with Crippen LogP contribution < -0.4 is 5.32 Å². The lowest BCUT2D eigenvalue weighted by molar-refractivity contribution is -0.135. The Morgan fingerprint density at radius 1 is 1.44 bits per heavy atom. The molecule has 1 saturated heterocycles. The fourth-order valence-electron chi connectivity index (χ4n) is 2.81. The summed E-state index contributed by atoms with van der Waals surface area (Å²) in [7, 11) is 0. The van der Waals surface area contributed by atoms with Crippen LogP contribution in [0.5, 0.6) is 0 Å². The number of rotatable bonds is 1. The minimum Gasteiger partial charge on any atom is -0.332 e. The Bertz CT molecular complexity index is 443. The molecule has 1 N–H and O–H groups in total. The predicted octanol–water partition coefficient (Wildman–Crippen LogP) is 0.151. The molecule has 0 spiro atoms. The first kappa shape index (κ1) is 11.6. The molecule has 18 heavy (non-hydrogen) atoms. The number of fused-ring (bicyclic) bond motifs is 1. The standard InChI is InChI=1S/C12H19N5O/c1-9-3-2-4-10(14-9)12(18)16-5-6-17-8-13-15-11(17)7-16/h8-10,14H,2-7H2,1H3. The molecule has 0 aromatic carbocycles. The molecule has 1 fully saturated rings. The SMILES string of the molecule is CC1CCCC(C(=O)N2CCn3cnnc3C2)N1. The highest BCUT2D eigenvalue weighted by atomic mass is 16.2. The number of hydrogen-bond donors (Lipinski definition) is 1. The van der Waals surface area contributed by atoms with Gasteiger partial charge in [0.25, 0.3) is 0 Å². The summed E-state index contributed by atoms with van der Waals surface area (Å²) < 4.78 is 2.01. The van der Waals surface area contributed by atoms with Gasteiger partial charge in [0, 0.05) is 19.1 Å². The van der Waals surface area contributed by atoms with Crippen molar-refractivity contribution in [2.75, 3.05) is 6.54 Å². The topological polar surface area (TPSA) is 63.1 Å². The largest absolute Gasteiger partial charge is 0.332 e. The Kier molecular flexibility index (Phi) is 3.03. The van der Waals surface area contributed by atoms with E-state index in [2.05, 4.69) is 22.4 Å². The zero-order valence-electron chi connectivity index (χ0n) is 10.7. The predicted molar refractivity (Wildman–Crippen MR) is 65.7 cm³/mol. The fraction of sp³-hybridized carbons (Fsp3) is 0.750. The van der Waals surface area contributed by atoms with E-state index in [0.717, 1.165) is 38.2 Å². The number of amides is 1. The van der Waals surface area contributed by atoms with Crippen LogP contribution in [0.2, 0.25) is 0 Å². The van der Waals surface area contributed by atoms with Gasteiger partial charge in [-0.15, -0.1) is 10.2 Å². The minimum atomic E-state index is -0.0109. The van der Waals surface area contributed by atoms with Crippen molar-refractivity contribution < 1.29 is 4.79 Å². The molecule has 2 aliphatic heterocycles. The van der Waals surface area contributed by atoms with Crippen LogP contribution in [0.4, 0.5) is 0 Å². The molecule has 3 rings (SSSR count). The van der Waals surface area contributed by atoms with Crippen molar-refractivity contribution in [2.45, 2.75) is 51.4 Å². The van der Waals surface area contributed by atoms with Gasteiger partial charge >= 0.3 is 0 Å². The summed E-state index contributed by atoms with van der Waals surface area (Å²) in [6.07, 6.45) is 4.98. The van der Waals surface area contributed by atoms with Crippen molar-refractivity contribution in [3.8, 4) is 0 Å². The van der Waals surface area contributed by atoms with Crippen molar-refractivity contribution in [2.24, 2.45) is 0 Å².